The number of likely N-dealkylation sites (tertiary alicyclic amines) is 1. The molecule has 3 rings (SSSR count). The Bertz CT molecular complexity index is 447. The molecule has 0 atom stereocenters. The molecule has 98 valence electrons. The van der Waals surface area contributed by atoms with E-state index in [-0.39, 0.29) is 5.91 Å². The topological polar surface area (TPSA) is 62.5 Å². The third kappa shape index (κ3) is 2.05. The maximum absolute atomic E-state index is 12.3. The number of hydrogen-bond donors (Lipinski definition) is 1. The second-order valence-electron chi connectivity index (χ2n) is 4.90. The molecular weight excluding hydrogens is 248 g/mol. The molecule has 2 saturated heterocycles. The lowest BCUT2D eigenvalue weighted by atomic mass is 10.4. The van der Waals surface area contributed by atoms with Gasteiger partial charge in [0.05, 0.1) is 0 Å². The molecule has 3 heterocycles. The van der Waals surface area contributed by atoms with E-state index in [0.29, 0.717) is 10.7 Å². The van der Waals surface area contributed by atoms with E-state index in [1.807, 2.05) is 4.90 Å². The van der Waals surface area contributed by atoms with Gasteiger partial charge in [0.25, 0.3) is 5.91 Å². The van der Waals surface area contributed by atoms with E-state index >= 15 is 0 Å². The van der Waals surface area contributed by atoms with Crippen LogP contribution in [-0.2, 0) is 0 Å². The van der Waals surface area contributed by atoms with Crippen LogP contribution >= 0.6 is 11.3 Å². The number of nitrogens with zero attached hydrogens (tertiary/aromatic N) is 3. The van der Waals surface area contributed by atoms with Crippen LogP contribution in [0.2, 0.25) is 0 Å². The van der Waals surface area contributed by atoms with E-state index in [4.69, 9.17) is 5.73 Å². The van der Waals surface area contributed by atoms with Crippen LogP contribution in [0.15, 0.2) is 0 Å². The number of hydrogen-bond acceptors (Lipinski definition) is 5. The standard InChI is InChI=1S/C12H18N4OS/c13-10-9(11(17)15-5-1-2-6-15)18-12(14-10)16-7-3-4-8-16/h1-8,13H2. The minimum Gasteiger partial charge on any atom is -0.382 e. The molecule has 18 heavy (non-hydrogen) atoms. The molecule has 1 aromatic rings. The summed E-state index contributed by atoms with van der Waals surface area (Å²) in [6.45, 7) is 3.78. The number of anilines is 2. The average Bonchev–Trinajstić information content (AvgIpc) is 3.10. The molecule has 0 spiro atoms. The molecular formula is C12H18N4OS. The summed E-state index contributed by atoms with van der Waals surface area (Å²) in [7, 11) is 0. The van der Waals surface area contributed by atoms with Crippen molar-refractivity contribution < 1.29 is 4.79 Å². The minimum atomic E-state index is 0.0629. The van der Waals surface area contributed by atoms with Crippen LogP contribution in [0.5, 0.6) is 0 Å². The van der Waals surface area contributed by atoms with Crippen LogP contribution < -0.4 is 10.6 Å². The van der Waals surface area contributed by atoms with E-state index in [1.165, 1.54) is 24.2 Å². The van der Waals surface area contributed by atoms with Crippen molar-refractivity contribution in [1.82, 2.24) is 9.88 Å². The summed E-state index contributed by atoms with van der Waals surface area (Å²) in [6.07, 6.45) is 4.61. The zero-order valence-corrected chi connectivity index (χ0v) is 11.2. The molecule has 1 amide bonds. The average molecular weight is 266 g/mol. The SMILES string of the molecule is Nc1nc(N2CCCC2)sc1C(=O)N1CCCC1. The molecule has 6 heteroatoms. The van der Waals surface area contributed by atoms with Crippen molar-refractivity contribution in [2.75, 3.05) is 36.8 Å². The fraction of sp³-hybridized carbons (Fsp3) is 0.667. The second kappa shape index (κ2) is 4.76. The van der Waals surface area contributed by atoms with Crippen molar-refractivity contribution in [3.63, 3.8) is 0 Å². The molecule has 0 aromatic carbocycles. The Morgan fingerprint density at radius 3 is 2.39 bits per heavy atom. The Labute approximate surface area is 111 Å². The smallest absolute Gasteiger partial charge is 0.267 e. The Balaban J connectivity index is 1.81. The van der Waals surface area contributed by atoms with Crippen molar-refractivity contribution in [3.05, 3.63) is 4.88 Å². The highest BCUT2D eigenvalue weighted by atomic mass is 32.1. The highest BCUT2D eigenvalue weighted by Crippen LogP contribution is 2.31. The summed E-state index contributed by atoms with van der Waals surface area (Å²) < 4.78 is 0. The first-order valence-electron chi connectivity index (χ1n) is 6.56. The van der Waals surface area contributed by atoms with E-state index in [2.05, 4.69) is 9.88 Å². The minimum absolute atomic E-state index is 0.0629. The lowest BCUT2D eigenvalue weighted by Gasteiger charge is -2.14. The molecule has 0 saturated carbocycles. The Morgan fingerprint density at radius 2 is 1.72 bits per heavy atom. The Hall–Kier alpha value is -1.30. The highest BCUT2D eigenvalue weighted by Gasteiger charge is 2.26. The maximum Gasteiger partial charge on any atom is 0.267 e. The Kier molecular flexibility index (Phi) is 3.11. The van der Waals surface area contributed by atoms with Gasteiger partial charge in [0, 0.05) is 26.2 Å². The van der Waals surface area contributed by atoms with Crippen LogP contribution in [0, 0.1) is 0 Å². The maximum atomic E-state index is 12.3. The first-order chi connectivity index (χ1) is 8.75. The number of carbonyl (C=O) groups excluding carboxylic acids is 1. The molecule has 0 aliphatic carbocycles. The molecule has 0 bridgehead atoms. The molecule has 0 radical (unpaired) electrons. The van der Waals surface area contributed by atoms with Crippen molar-refractivity contribution in [2.45, 2.75) is 25.7 Å². The molecule has 5 nitrogen and oxygen atoms in total. The van der Waals surface area contributed by atoms with Gasteiger partial charge in [-0.25, -0.2) is 4.98 Å². The molecule has 1 aromatic heterocycles. The summed E-state index contributed by atoms with van der Waals surface area (Å²) in [5.74, 6) is 0.465. The van der Waals surface area contributed by atoms with Gasteiger partial charge >= 0.3 is 0 Å². The van der Waals surface area contributed by atoms with Crippen molar-refractivity contribution >= 4 is 28.2 Å². The predicted molar refractivity (Wildman–Crippen MR) is 73.1 cm³/mol. The predicted octanol–water partition coefficient (Wildman–Crippen LogP) is 1.56. The van der Waals surface area contributed by atoms with Crippen LogP contribution in [0.3, 0.4) is 0 Å². The zero-order valence-electron chi connectivity index (χ0n) is 10.4. The van der Waals surface area contributed by atoms with E-state index in [0.717, 1.165) is 44.2 Å². The van der Waals surface area contributed by atoms with Gasteiger partial charge in [-0.1, -0.05) is 11.3 Å². The zero-order chi connectivity index (χ0) is 12.5. The van der Waals surface area contributed by atoms with Gasteiger partial charge in [0.1, 0.15) is 10.7 Å². The van der Waals surface area contributed by atoms with Crippen molar-refractivity contribution in [2.24, 2.45) is 0 Å². The van der Waals surface area contributed by atoms with Gasteiger partial charge in [-0.05, 0) is 25.7 Å². The van der Waals surface area contributed by atoms with E-state index in [9.17, 15) is 4.79 Å². The second-order valence-corrected chi connectivity index (χ2v) is 5.88. The largest absolute Gasteiger partial charge is 0.382 e. The lowest BCUT2D eigenvalue weighted by Crippen LogP contribution is -2.27. The van der Waals surface area contributed by atoms with Crippen LogP contribution in [0.1, 0.15) is 35.4 Å². The third-order valence-electron chi connectivity index (χ3n) is 3.61. The summed E-state index contributed by atoms with van der Waals surface area (Å²) in [6, 6.07) is 0. The van der Waals surface area contributed by atoms with E-state index in [1.54, 1.807) is 0 Å². The van der Waals surface area contributed by atoms with Gasteiger partial charge < -0.3 is 15.5 Å². The van der Waals surface area contributed by atoms with E-state index < -0.39 is 0 Å². The van der Waals surface area contributed by atoms with Crippen molar-refractivity contribution in [3.8, 4) is 0 Å². The quantitative estimate of drug-likeness (QED) is 0.882. The van der Waals surface area contributed by atoms with Crippen LogP contribution in [0.25, 0.3) is 0 Å². The number of rotatable bonds is 2. The normalized spacial score (nSPS) is 19.8. The summed E-state index contributed by atoms with van der Waals surface area (Å²) in [5, 5.41) is 0.910. The fourth-order valence-corrected chi connectivity index (χ4v) is 3.59. The number of aromatic nitrogens is 1. The molecule has 2 N–H and O–H groups in total. The van der Waals surface area contributed by atoms with Gasteiger partial charge in [-0.3, -0.25) is 4.79 Å². The summed E-state index contributed by atoms with van der Waals surface area (Å²) in [5.41, 5.74) is 5.90. The lowest BCUT2D eigenvalue weighted by molar-refractivity contribution is 0.0798. The Morgan fingerprint density at radius 1 is 1.11 bits per heavy atom. The summed E-state index contributed by atoms with van der Waals surface area (Å²) in [4.78, 5) is 21.4. The van der Waals surface area contributed by atoms with Gasteiger partial charge in [-0.15, -0.1) is 0 Å². The van der Waals surface area contributed by atoms with Gasteiger partial charge in [0.2, 0.25) is 0 Å². The first kappa shape index (κ1) is 11.8. The molecule has 2 aliphatic heterocycles. The molecule has 2 aliphatic rings. The van der Waals surface area contributed by atoms with Gasteiger partial charge in [-0.2, -0.15) is 0 Å². The number of amides is 1. The van der Waals surface area contributed by atoms with Crippen LogP contribution in [-0.4, -0.2) is 42.0 Å². The monoisotopic (exact) mass is 266 g/mol. The number of carbonyl (C=O) groups is 1. The number of nitrogens with two attached hydrogens (primary N) is 1. The van der Waals surface area contributed by atoms with Crippen molar-refractivity contribution in [1.29, 1.82) is 0 Å². The highest BCUT2D eigenvalue weighted by molar-refractivity contribution is 7.18. The number of thiazole rings is 1. The van der Waals surface area contributed by atoms with Gasteiger partial charge in [0.15, 0.2) is 5.13 Å². The first-order valence-corrected chi connectivity index (χ1v) is 7.38. The van der Waals surface area contributed by atoms with Crippen LogP contribution in [0.4, 0.5) is 10.9 Å². The fourth-order valence-electron chi connectivity index (χ4n) is 2.58. The molecule has 0 unspecified atom stereocenters. The summed E-state index contributed by atoms with van der Waals surface area (Å²) >= 11 is 1.45. The molecule has 2 fully saturated rings. The third-order valence-corrected chi connectivity index (χ3v) is 4.73. The number of nitrogen functional groups attached to an aromatic ring is 1.